The Kier molecular flexibility index (Phi) is 10.6. The largest absolute Gasteiger partial charge is 0.322 e. The number of aromatic nitrogens is 1. The molecule has 4 nitrogen and oxygen atoms in total. The molecule has 39 heavy (non-hydrogen) atoms. The molecule has 1 aromatic heterocycles. The number of unbranched alkanes of at least 4 members (excludes halogenated alkanes) is 2. The lowest BCUT2D eigenvalue weighted by atomic mass is 10.0. The second-order valence-electron chi connectivity index (χ2n) is 9.54. The lowest BCUT2D eigenvalue weighted by molar-refractivity contribution is 0.102. The summed E-state index contributed by atoms with van der Waals surface area (Å²) in [6, 6.07) is 19.8. The van der Waals surface area contributed by atoms with E-state index in [0.717, 1.165) is 40.9 Å². The van der Waals surface area contributed by atoms with Crippen molar-refractivity contribution in [1.82, 2.24) is 4.98 Å². The van der Waals surface area contributed by atoms with Crippen molar-refractivity contribution in [2.24, 2.45) is 0 Å². The molecule has 0 saturated carbocycles. The molecular formula is C32H35ClFN3OS. The van der Waals surface area contributed by atoms with E-state index >= 15 is 0 Å². The van der Waals surface area contributed by atoms with Crippen molar-refractivity contribution in [2.75, 3.05) is 21.9 Å². The third-order valence-electron chi connectivity index (χ3n) is 6.60. The van der Waals surface area contributed by atoms with Gasteiger partial charge in [0.2, 0.25) is 0 Å². The molecule has 2 heterocycles. The Morgan fingerprint density at radius 2 is 1.85 bits per heavy atom. The lowest BCUT2D eigenvalue weighted by Crippen LogP contribution is -2.17. The highest BCUT2D eigenvalue weighted by Crippen LogP contribution is 2.34. The Hall–Kier alpha value is -3.09. The van der Waals surface area contributed by atoms with Gasteiger partial charge in [-0.25, -0.2) is 4.39 Å². The van der Waals surface area contributed by atoms with Crippen molar-refractivity contribution >= 4 is 51.6 Å². The summed E-state index contributed by atoms with van der Waals surface area (Å²) in [6.45, 7) is 5.30. The molecule has 3 aromatic carbocycles. The number of amides is 1. The zero-order valence-electron chi connectivity index (χ0n) is 22.6. The molecule has 1 saturated heterocycles. The lowest BCUT2D eigenvalue weighted by Gasteiger charge is -2.21. The van der Waals surface area contributed by atoms with Gasteiger partial charge >= 0.3 is 0 Å². The average Bonchev–Trinajstić information content (AvgIpc) is 3.24. The first kappa shape index (κ1) is 28.9. The maximum absolute atomic E-state index is 14.9. The predicted molar refractivity (Wildman–Crippen MR) is 165 cm³/mol. The van der Waals surface area contributed by atoms with Crippen LogP contribution in [0, 0.1) is 5.82 Å². The van der Waals surface area contributed by atoms with Crippen LogP contribution in [0.5, 0.6) is 0 Å². The first-order valence-corrected chi connectivity index (χ1v) is 15.0. The number of nitrogens with one attached hydrogen (secondary N) is 1. The third-order valence-corrected chi connectivity index (χ3v) is 8.10. The van der Waals surface area contributed by atoms with Crippen LogP contribution in [0.25, 0.3) is 22.0 Å². The normalized spacial score (nSPS) is 13.4. The number of carbonyl (C=O) groups is 1. The minimum absolute atomic E-state index is 0.00311. The van der Waals surface area contributed by atoms with Gasteiger partial charge in [0, 0.05) is 40.8 Å². The third kappa shape index (κ3) is 7.52. The van der Waals surface area contributed by atoms with Gasteiger partial charge in [0.05, 0.1) is 16.3 Å². The molecule has 5 rings (SSSR count). The Bertz CT molecular complexity index is 1400. The summed E-state index contributed by atoms with van der Waals surface area (Å²) in [6.07, 6.45) is 9.25. The first-order valence-electron chi connectivity index (χ1n) is 13.7. The monoisotopic (exact) mass is 563 g/mol. The molecule has 0 radical (unpaired) electrons. The fourth-order valence-corrected chi connectivity index (χ4v) is 5.77. The number of hydrogen-bond donors (Lipinski definition) is 1. The highest BCUT2D eigenvalue weighted by molar-refractivity contribution is 8.00. The molecule has 1 N–H and O–H groups in total. The highest BCUT2D eigenvalue weighted by Gasteiger charge is 2.18. The van der Waals surface area contributed by atoms with Gasteiger partial charge in [0.1, 0.15) is 5.82 Å². The quantitative estimate of drug-likeness (QED) is 0.237. The standard InChI is InChI=1S/C27H23ClFN3OS.C5H12/c28-24-11-8-19(16-23(24)26-21-7-3-2-6-18(21)12-13-30-26)31-27(33)22-10-9-20(17-25(22)29)32-14-4-1-5-15-34-32;1-3-5-4-2/h2-3,6-13,16-17H,1,4-5,14-15H2,(H,31,33);3-5H2,1-2H3. The molecule has 0 bridgehead atoms. The van der Waals surface area contributed by atoms with Crippen LogP contribution in [0.1, 0.15) is 62.7 Å². The summed E-state index contributed by atoms with van der Waals surface area (Å²) >= 11 is 8.21. The number of nitrogens with zero attached hydrogens (tertiary/aromatic N) is 2. The summed E-state index contributed by atoms with van der Waals surface area (Å²) in [5, 5.41) is 5.34. The SMILES string of the molecule is CCCCC.O=C(Nc1ccc(Cl)c(-c2nccc3ccccc23)c1)c1ccc(N2CCCCCS2)cc1F. The molecule has 0 aliphatic carbocycles. The minimum Gasteiger partial charge on any atom is -0.322 e. The number of rotatable bonds is 6. The fraction of sp³-hybridized carbons (Fsp3) is 0.312. The van der Waals surface area contributed by atoms with Crippen molar-refractivity contribution in [3.63, 3.8) is 0 Å². The van der Waals surface area contributed by atoms with Crippen LogP contribution < -0.4 is 9.62 Å². The number of anilines is 2. The molecule has 0 atom stereocenters. The summed E-state index contributed by atoms with van der Waals surface area (Å²) in [5.41, 5.74) is 2.74. The van der Waals surface area contributed by atoms with E-state index in [0.29, 0.717) is 16.3 Å². The van der Waals surface area contributed by atoms with Gasteiger partial charge in [0.15, 0.2) is 0 Å². The van der Waals surface area contributed by atoms with Gasteiger partial charge in [0.25, 0.3) is 5.91 Å². The number of fused-ring (bicyclic) bond motifs is 1. The van der Waals surface area contributed by atoms with Crippen molar-refractivity contribution < 1.29 is 9.18 Å². The average molecular weight is 564 g/mol. The van der Waals surface area contributed by atoms with Crippen LogP contribution in [0.4, 0.5) is 15.8 Å². The van der Waals surface area contributed by atoms with E-state index in [2.05, 4.69) is 28.5 Å². The van der Waals surface area contributed by atoms with Gasteiger partial charge in [-0.05, 0) is 72.6 Å². The van der Waals surface area contributed by atoms with E-state index in [1.165, 1.54) is 38.2 Å². The van der Waals surface area contributed by atoms with E-state index in [1.807, 2.05) is 36.4 Å². The molecule has 1 aliphatic heterocycles. The number of benzene rings is 3. The Morgan fingerprint density at radius 3 is 2.62 bits per heavy atom. The summed E-state index contributed by atoms with van der Waals surface area (Å²) < 4.78 is 17.0. The smallest absolute Gasteiger partial charge is 0.258 e. The molecule has 4 aromatic rings. The van der Waals surface area contributed by atoms with Gasteiger partial charge in [-0.15, -0.1) is 0 Å². The number of pyridine rings is 1. The minimum atomic E-state index is -0.537. The Morgan fingerprint density at radius 1 is 1.03 bits per heavy atom. The Balaban J connectivity index is 0.000000648. The van der Waals surface area contributed by atoms with Crippen molar-refractivity contribution in [2.45, 2.75) is 52.4 Å². The fourth-order valence-electron chi connectivity index (χ4n) is 4.49. The summed E-state index contributed by atoms with van der Waals surface area (Å²) in [4.78, 5) is 17.4. The maximum Gasteiger partial charge on any atom is 0.258 e. The Labute approximate surface area is 240 Å². The van der Waals surface area contributed by atoms with Crippen molar-refractivity contribution in [1.29, 1.82) is 0 Å². The van der Waals surface area contributed by atoms with Crippen LogP contribution in [0.2, 0.25) is 5.02 Å². The van der Waals surface area contributed by atoms with Gasteiger partial charge in [-0.3, -0.25) is 9.78 Å². The number of hydrogen-bond acceptors (Lipinski definition) is 4. The van der Waals surface area contributed by atoms with Gasteiger partial charge in [-0.1, -0.05) is 75.4 Å². The molecule has 7 heteroatoms. The van der Waals surface area contributed by atoms with Gasteiger partial charge < -0.3 is 9.62 Å². The second kappa shape index (κ2) is 14.3. The zero-order valence-corrected chi connectivity index (χ0v) is 24.1. The van der Waals surface area contributed by atoms with Gasteiger partial charge in [-0.2, -0.15) is 0 Å². The number of carbonyl (C=O) groups excluding carboxylic acids is 1. The van der Waals surface area contributed by atoms with Crippen LogP contribution in [0.15, 0.2) is 72.9 Å². The van der Waals surface area contributed by atoms with E-state index in [4.69, 9.17) is 11.6 Å². The molecule has 1 fully saturated rings. The van der Waals surface area contributed by atoms with Crippen molar-refractivity contribution in [3.8, 4) is 11.3 Å². The second-order valence-corrected chi connectivity index (χ2v) is 11.1. The summed E-state index contributed by atoms with van der Waals surface area (Å²) in [7, 11) is 0. The number of halogens is 2. The summed E-state index contributed by atoms with van der Waals surface area (Å²) in [5.74, 6) is -0.0228. The van der Waals surface area contributed by atoms with E-state index in [1.54, 1.807) is 42.4 Å². The highest BCUT2D eigenvalue weighted by atomic mass is 35.5. The van der Waals surface area contributed by atoms with Crippen LogP contribution >= 0.6 is 23.5 Å². The molecule has 204 valence electrons. The molecular weight excluding hydrogens is 529 g/mol. The van der Waals surface area contributed by atoms with Crippen LogP contribution in [0.3, 0.4) is 0 Å². The molecule has 0 unspecified atom stereocenters. The molecule has 1 amide bonds. The van der Waals surface area contributed by atoms with E-state index in [9.17, 15) is 9.18 Å². The molecule has 1 aliphatic rings. The maximum atomic E-state index is 14.9. The first-order chi connectivity index (χ1) is 19.0. The van der Waals surface area contributed by atoms with Crippen LogP contribution in [-0.4, -0.2) is 23.2 Å². The molecule has 0 spiro atoms. The van der Waals surface area contributed by atoms with Crippen LogP contribution in [-0.2, 0) is 0 Å². The topological polar surface area (TPSA) is 45.2 Å². The van der Waals surface area contributed by atoms with E-state index in [-0.39, 0.29) is 5.56 Å². The predicted octanol–water partition coefficient (Wildman–Crippen LogP) is 9.78. The van der Waals surface area contributed by atoms with Crippen molar-refractivity contribution in [3.05, 3.63) is 89.3 Å². The van der Waals surface area contributed by atoms with E-state index < -0.39 is 11.7 Å². The zero-order chi connectivity index (χ0) is 27.6.